The average Bonchev–Trinajstić information content (AvgIpc) is 2.37. The summed E-state index contributed by atoms with van der Waals surface area (Å²) in [5.74, 6) is -0.155. The van der Waals surface area contributed by atoms with Gasteiger partial charge in [0.2, 0.25) is 0 Å². The van der Waals surface area contributed by atoms with Gasteiger partial charge in [-0.25, -0.2) is 0 Å². The first-order valence-corrected chi connectivity index (χ1v) is 4.63. The summed E-state index contributed by atoms with van der Waals surface area (Å²) in [6, 6.07) is 0. The molecular formula is C9H16O2. The minimum absolute atomic E-state index is 0.155. The molecule has 0 amide bonds. The molecule has 2 heterocycles. The Balaban J connectivity index is 2.00. The molecule has 0 saturated carbocycles. The van der Waals surface area contributed by atoms with E-state index in [2.05, 4.69) is 6.92 Å². The van der Waals surface area contributed by atoms with Gasteiger partial charge in [-0.3, -0.25) is 0 Å². The molecule has 0 aromatic heterocycles. The van der Waals surface area contributed by atoms with E-state index in [4.69, 9.17) is 9.47 Å². The molecule has 1 spiro atoms. The first kappa shape index (κ1) is 7.56. The Labute approximate surface area is 67.9 Å². The van der Waals surface area contributed by atoms with Crippen LogP contribution in [0.5, 0.6) is 0 Å². The van der Waals surface area contributed by atoms with Crippen molar-refractivity contribution in [2.24, 2.45) is 0 Å². The lowest BCUT2D eigenvalue weighted by atomic mass is 10.00. The number of ether oxygens (including phenoxy) is 2. The molecule has 11 heavy (non-hydrogen) atoms. The molecule has 0 radical (unpaired) electrons. The lowest BCUT2D eigenvalue weighted by Crippen LogP contribution is -2.38. The first-order chi connectivity index (χ1) is 5.31. The van der Waals surface area contributed by atoms with Gasteiger partial charge in [0, 0.05) is 12.8 Å². The van der Waals surface area contributed by atoms with Crippen LogP contribution >= 0.6 is 0 Å². The molecule has 2 aliphatic rings. The third-order valence-electron chi connectivity index (χ3n) is 2.65. The van der Waals surface area contributed by atoms with Gasteiger partial charge in [0.1, 0.15) is 0 Å². The van der Waals surface area contributed by atoms with Crippen LogP contribution in [-0.2, 0) is 9.47 Å². The Morgan fingerprint density at radius 3 is 2.73 bits per heavy atom. The second kappa shape index (κ2) is 2.76. The Bertz CT molecular complexity index is 138. The minimum atomic E-state index is -0.155. The highest BCUT2D eigenvalue weighted by molar-refractivity contribution is 4.80. The smallest absolute Gasteiger partial charge is 0.168 e. The zero-order valence-electron chi connectivity index (χ0n) is 7.14. The summed E-state index contributed by atoms with van der Waals surface area (Å²) in [5.41, 5.74) is 0. The molecule has 0 aliphatic carbocycles. The Kier molecular flexibility index (Phi) is 1.90. The van der Waals surface area contributed by atoms with Crippen LogP contribution in [0.25, 0.3) is 0 Å². The molecule has 2 atom stereocenters. The maximum Gasteiger partial charge on any atom is 0.168 e. The van der Waals surface area contributed by atoms with Crippen molar-refractivity contribution in [2.75, 3.05) is 6.61 Å². The molecule has 0 N–H and O–H groups in total. The van der Waals surface area contributed by atoms with Crippen molar-refractivity contribution in [3.8, 4) is 0 Å². The monoisotopic (exact) mass is 156 g/mol. The van der Waals surface area contributed by atoms with E-state index in [1.165, 1.54) is 19.3 Å². The predicted octanol–water partition coefficient (Wildman–Crippen LogP) is 2.08. The zero-order valence-corrected chi connectivity index (χ0v) is 7.14. The zero-order chi connectivity index (χ0) is 7.73. The van der Waals surface area contributed by atoms with E-state index in [1.54, 1.807) is 0 Å². The van der Waals surface area contributed by atoms with Crippen LogP contribution in [0.2, 0.25) is 0 Å². The van der Waals surface area contributed by atoms with Crippen LogP contribution in [0, 0.1) is 0 Å². The van der Waals surface area contributed by atoms with E-state index in [1.807, 2.05) is 0 Å². The summed E-state index contributed by atoms with van der Waals surface area (Å²) in [6.45, 7) is 3.04. The Morgan fingerprint density at radius 1 is 1.27 bits per heavy atom. The van der Waals surface area contributed by atoms with Gasteiger partial charge in [0.25, 0.3) is 0 Å². The van der Waals surface area contributed by atoms with Crippen molar-refractivity contribution in [2.45, 2.75) is 50.9 Å². The molecule has 2 aliphatic heterocycles. The molecular weight excluding hydrogens is 140 g/mol. The lowest BCUT2D eigenvalue weighted by Gasteiger charge is -2.36. The van der Waals surface area contributed by atoms with Gasteiger partial charge in [-0.1, -0.05) is 0 Å². The summed E-state index contributed by atoms with van der Waals surface area (Å²) in [7, 11) is 0. The Morgan fingerprint density at radius 2 is 2.09 bits per heavy atom. The van der Waals surface area contributed by atoms with Crippen LogP contribution in [-0.4, -0.2) is 18.5 Å². The number of hydrogen-bond acceptors (Lipinski definition) is 2. The SMILES string of the molecule is C[C@H]1CCC[C@@]2(CCCO2)O1. The van der Waals surface area contributed by atoms with Gasteiger partial charge < -0.3 is 9.47 Å². The third-order valence-corrected chi connectivity index (χ3v) is 2.65. The van der Waals surface area contributed by atoms with E-state index in [-0.39, 0.29) is 5.79 Å². The van der Waals surface area contributed by atoms with Crippen LogP contribution in [0.15, 0.2) is 0 Å². The lowest BCUT2D eigenvalue weighted by molar-refractivity contribution is -0.253. The van der Waals surface area contributed by atoms with E-state index in [9.17, 15) is 0 Å². The Hall–Kier alpha value is -0.0800. The molecule has 2 heteroatoms. The fraction of sp³-hybridized carbons (Fsp3) is 1.00. The van der Waals surface area contributed by atoms with Crippen molar-refractivity contribution < 1.29 is 9.47 Å². The highest BCUT2D eigenvalue weighted by Crippen LogP contribution is 2.37. The van der Waals surface area contributed by atoms with E-state index in [0.29, 0.717) is 6.10 Å². The standard InChI is InChI=1S/C9H16O2/c1-8-4-2-5-9(11-8)6-3-7-10-9/h8H,2-7H2,1H3/t8-,9-/m0/s1. The maximum absolute atomic E-state index is 5.81. The van der Waals surface area contributed by atoms with Gasteiger partial charge in [-0.05, 0) is 26.2 Å². The highest BCUT2D eigenvalue weighted by atomic mass is 16.7. The van der Waals surface area contributed by atoms with Crippen molar-refractivity contribution in [3.63, 3.8) is 0 Å². The molecule has 0 aromatic carbocycles. The van der Waals surface area contributed by atoms with Gasteiger partial charge in [0.05, 0.1) is 12.7 Å². The molecule has 2 fully saturated rings. The second-order valence-electron chi connectivity index (χ2n) is 3.68. The summed E-state index contributed by atoms with van der Waals surface area (Å²) in [4.78, 5) is 0. The summed E-state index contributed by atoms with van der Waals surface area (Å²) in [5, 5.41) is 0. The minimum Gasteiger partial charge on any atom is -0.350 e. The van der Waals surface area contributed by atoms with E-state index < -0.39 is 0 Å². The quantitative estimate of drug-likeness (QED) is 0.534. The van der Waals surface area contributed by atoms with Crippen molar-refractivity contribution in [1.29, 1.82) is 0 Å². The second-order valence-corrected chi connectivity index (χ2v) is 3.68. The fourth-order valence-electron chi connectivity index (χ4n) is 2.11. The van der Waals surface area contributed by atoms with Gasteiger partial charge in [-0.2, -0.15) is 0 Å². The normalized spacial score (nSPS) is 45.0. The van der Waals surface area contributed by atoms with Crippen LogP contribution in [0.3, 0.4) is 0 Å². The fourth-order valence-corrected chi connectivity index (χ4v) is 2.11. The molecule has 64 valence electrons. The number of hydrogen-bond donors (Lipinski definition) is 0. The summed E-state index contributed by atoms with van der Waals surface area (Å²) < 4.78 is 11.4. The summed E-state index contributed by atoms with van der Waals surface area (Å²) in [6.07, 6.45) is 6.26. The van der Waals surface area contributed by atoms with Crippen molar-refractivity contribution in [1.82, 2.24) is 0 Å². The van der Waals surface area contributed by atoms with Crippen molar-refractivity contribution in [3.05, 3.63) is 0 Å². The molecule has 0 unspecified atom stereocenters. The highest BCUT2D eigenvalue weighted by Gasteiger charge is 2.39. The molecule has 2 rings (SSSR count). The summed E-state index contributed by atoms with van der Waals surface area (Å²) >= 11 is 0. The number of rotatable bonds is 0. The maximum atomic E-state index is 5.81. The van der Waals surface area contributed by atoms with Gasteiger partial charge in [0.15, 0.2) is 5.79 Å². The van der Waals surface area contributed by atoms with Crippen molar-refractivity contribution >= 4 is 0 Å². The molecule has 0 aromatic rings. The van der Waals surface area contributed by atoms with Crippen LogP contribution in [0.1, 0.15) is 39.0 Å². The van der Waals surface area contributed by atoms with Gasteiger partial charge in [-0.15, -0.1) is 0 Å². The van der Waals surface area contributed by atoms with E-state index in [0.717, 1.165) is 19.4 Å². The third kappa shape index (κ3) is 1.42. The molecule has 2 saturated heterocycles. The van der Waals surface area contributed by atoms with Crippen LogP contribution < -0.4 is 0 Å². The largest absolute Gasteiger partial charge is 0.350 e. The van der Waals surface area contributed by atoms with Crippen LogP contribution in [0.4, 0.5) is 0 Å². The topological polar surface area (TPSA) is 18.5 Å². The predicted molar refractivity (Wildman–Crippen MR) is 42.3 cm³/mol. The first-order valence-electron chi connectivity index (χ1n) is 4.63. The van der Waals surface area contributed by atoms with E-state index >= 15 is 0 Å². The molecule has 0 bridgehead atoms. The molecule has 2 nitrogen and oxygen atoms in total. The average molecular weight is 156 g/mol. The van der Waals surface area contributed by atoms with Gasteiger partial charge >= 0.3 is 0 Å².